The summed E-state index contributed by atoms with van der Waals surface area (Å²) in [5, 5.41) is 3.44. The molecule has 1 heterocycles. The molecule has 0 aliphatic heterocycles. The van der Waals surface area contributed by atoms with E-state index in [1.165, 1.54) is 61.0 Å². The van der Waals surface area contributed by atoms with Crippen LogP contribution in [-0.2, 0) is 10.8 Å². The average Bonchev–Trinajstić information content (AvgIpc) is 3.83. The van der Waals surface area contributed by atoms with Gasteiger partial charge in [0.15, 0.2) is 0 Å². The van der Waals surface area contributed by atoms with Crippen molar-refractivity contribution in [2.24, 2.45) is 0 Å². The Kier molecular flexibility index (Phi) is 10.6. The van der Waals surface area contributed by atoms with Gasteiger partial charge in [-0.1, -0.05) is 234 Å². The molecular formula is C72H56N2. The fourth-order valence-electron chi connectivity index (χ4n) is 12.3. The summed E-state index contributed by atoms with van der Waals surface area (Å²) in [4.78, 5) is 8.05. The van der Waals surface area contributed by atoms with Crippen molar-refractivity contribution in [3.63, 3.8) is 0 Å². The van der Waals surface area contributed by atoms with E-state index in [0.29, 0.717) is 0 Å². The van der Waals surface area contributed by atoms with E-state index < -0.39 is 0 Å². The van der Waals surface area contributed by atoms with Crippen LogP contribution >= 0.6 is 0 Å². The minimum absolute atomic E-state index is 0.126. The van der Waals surface area contributed by atoms with Gasteiger partial charge in [0.2, 0.25) is 0 Å². The van der Waals surface area contributed by atoms with Crippen LogP contribution in [0.15, 0.2) is 243 Å². The monoisotopic (exact) mass is 948 g/mol. The van der Waals surface area contributed by atoms with Crippen LogP contribution in [0.1, 0.15) is 73.6 Å². The average molecular weight is 949 g/mol. The van der Waals surface area contributed by atoms with Crippen LogP contribution in [0.3, 0.4) is 0 Å². The minimum Gasteiger partial charge on any atom is -0.310 e. The molecule has 0 spiro atoms. The zero-order chi connectivity index (χ0) is 50.3. The van der Waals surface area contributed by atoms with Gasteiger partial charge in [-0.15, -0.1) is 0 Å². The molecule has 0 saturated heterocycles. The molecule has 2 nitrogen and oxygen atoms in total. The van der Waals surface area contributed by atoms with Crippen LogP contribution in [0, 0.1) is 0 Å². The third kappa shape index (κ3) is 7.19. The number of nitrogens with zero attached hydrogens (tertiary/aromatic N) is 2. The summed E-state index contributed by atoms with van der Waals surface area (Å²) >= 11 is 0. The van der Waals surface area contributed by atoms with Crippen molar-refractivity contribution >= 4 is 44.3 Å². The van der Waals surface area contributed by atoms with E-state index in [2.05, 4.69) is 276 Å². The second-order valence-corrected chi connectivity index (χ2v) is 21.2. The highest BCUT2D eigenvalue weighted by molar-refractivity contribution is 6.16. The predicted octanol–water partition coefficient (Wildman–Crippen LogP) is 19.1. The van der Waals surface area contributed by atoms with Crippen LogP contribution in [0.4, 0.5) is 5.69 Å². The first-order chi connectivity index (χ1) is 36.1. The van der Waals surface area contributed by atoms with Gasteiger partial charge in [-0.2, -0.15) is 0 Å². The number of pyridine rings is 1. The second kappa shape index (κ2) is 17.4. The normalized spacial score (nSPS) is 14.0. The molecular weight excluding hydrogens is 893 g/mol. The number of aromatic nitrogens is 1. The highest BCUT2D eigenvalue weighted by atomic mass is 15.2. The largest absolute Gasteiger partial charge is 0.310 e. The van der Waals surface area contributed by atoms with Gasteiger partial charge in [-0.05, 0) is 138 Å². The second-order valence-electron chi connectivity index (χ2n) is 21.2. The number of hydrogen-bond donors (Lipinski definition) is 0. The molecule has 0 bridgehead atoms. The summed E-state index contributed by atoms with van der Waals surface area (Å²) in [5.74, 6) is 0. The van der Waals surface area contributed by atoms with Crippen molar-refractivity contribution in [3.8, 4) is 55.8 Å². The molecule has 0 saturated carbocycles. The molecule has 0 fully saturated rings. The van der Waals surface area contributed by atoms with E-state index in [0.717, 1.165) is 78.0 Å². The number of hydrogen-bond acceptors (Lipinski definition) is 2. The van der Waals surface area contributed by atoms with Crippen molar-refractivity contribution in [2.45, 2.75) is 45.4 Å². The number of benzene rings is 10. The molecule has 354 valence electrons. The fraction of sp³-hybridized carbons (Fsp3) is 0.0972. The van der Waals surface area contributed by atoms with Gasteiger partial charge in [0.1, 0.15) is 0 Å². The van der Waals surface area contributed by atoms with Crippen LogP contribution in [0.25, 0.3) is 94.4 Å². The van der Waals surface area contributed by atoms with Crippen LogP contribution in [0.5, 0.6) is 0 Å². The SMILES string of the molecule is C=C(c1ccccc1)N(/C(=C(\C)c1ccccc1)c1ccccc1)c1ccc(-c2cc(-c3ccc4c(c3)C(C)(C)c3ccccc3-4)nc3c2cc(-c2ccc4c(c2)C(C)(C)c2ccccc2-4)c2ccccc23)cc1. The van der Waals surface area contributed by atoms with Gasteiger partial charge < -0.3 is 4.90 Å². The quantitative estimate of drug-likeness (QED) is 0.106. The zero-order valence-electron chi connectivity index (χ0n) is 42.6. The van der Waals surface area contributed by atoms with Crippen molar-refractivity contribution < 1.29 is 0 Å². The Morgan fingerprint density at radius 2 is 0.838 bits per heavy atom. The molecule has 0 amide bonds. The maximum atomic E-state index is 5.71. The Morgan fingerprint density at radius 1 is 0.378 bits per heavy atom. The molecule has 10 aromatic carbocycles. The summed E-state index contributed by atoms with van der Waals surface area (Å²) < 4.78 is 0. The minimum atomic E-state index is -0.146. The molecule has 0 N–H and O–H groups in total. The fourth-order valence-corrected chi connectivity index (χ4v) is 12.3. The lowest BCUT2D eigenvalue weighted by Crippen LogP contribution is -2.20. The lowest BCUT2D eigenvalue weighted by molar-refractivity contribution is 0.660. The number of anilines is 1. The van der Waals surface area contributed by atoms with Gasteiger partial charge in [0, 0.05) is 38.6 Å². The molecule has 11 aromatic rings. The molecule has 0 unspecified atom stereocenters. The van der Waals surface area contributed by atoms with Crippen LogP contribution in [-0.4, -0.2) is 4.98 Å². The number of fused-ring (bicyclic) bond motifs is 9. The number of rotatable bonds is 9. The smallest absolute Gasteiger partial charge is 0.0794 e. The van der Waals surface area contributed by atoms with E-state index >= 15 is 0 Å². The van der Waals surface area contributed by atoms with E-state index in [1.807, 2.05) is 0 Å². The van der Waals surface area contributed by atoms with Crippen molar-refractivity contribution in [1.82, 2.24) is 4.98 Å². The third-order valence-electron chi connectivity index (χ3n) is 16.2. The third-order valence-corrected chi connectivity index (χ3v) is 16.2. The maximum absolute atomic E-state index is 5.71. The first-order valence-electron chi connectivity index (χ1n) is 25.9. The van der Waals surface area contributed by atoms with Gasteiger partial charge in [0.25, 0.3) is 0 Å². The first kappa shape index (κ1) is 45.0. The molecule has 2 aliphatic rings. The van der Waals surface area contributed by atoms with E-state index in [-0.39, 0.29) is 10.8 Å². The Labute approximate surface area is 435 Å². The Bertz CT molecular complexity index is 4070. The van der Waals surface area contributed by atoms with E-state index in [9.17, 15) is 0 Å². The van der Waals surface area contributed by atoms with Crippen LogP contribution < -0.4 is 4.90 Å². The van der Waals surface area contributed by atoms with Gasteiger partial charge in [0.05, 0.1) is 16.9 Å². The molecule has 0 radical (unpaired) electrons. The maximum Gasteiger partial charge on any atom is 0.0794 e. The van der Waals surface area contributed by atoms with Crippen molar-refractivity contribution in [2.75, 3.05) is 4.90 Å². The summed E-state index contributed by atoms with van der Waals surface area (Å²) in [6.07, 6.45) is 0. The van der Waals surface area contributed by atoms with Crippen molar-refractivity contribution in [3.05, 3.63) is 282 Å². The Morgan fingerprint density at radius 3 is 1.45 bits per heavy atom. The highest BCUT2D eigenvalue weighted by Gasteiger charge is 2.37. The molecule has 13 rings (SSSR count). The van der Waals surface area contributed by atoms with Gasteiger partial charge in [-0.25, -0.2) is 4.98 Å². The van der Waals surface area contributed by atoms with Crippen LogP contribution in [0.2, 0.25) is 0 Å². The molecule has 74 heavy (non-hydrogen) atoms. The topological polar surface area (TPSA) is 16.1 Å². The molecule has 2 aliphatic carbocycles. The number of allylic oxidation sites excluding steroid dienone is 1. The summed E-state index contributed by atoms with van der Waals surface area (Å²) in [5.41, 5.74) is 25.6. The van der Waals surface area contributed by atoms with E-state index in [1.54, 1.807) is 0 Å². The zero-order valence-corrected chi connectivity index (χ0v) is 42.6. The summed E-state index contributed by atoms with van der Waals surface area (Å²) in [6.45, 7) is 16.5. The Hall–Kier alpha value is -8.85. The predicted molar refractivity (Wildman–Crippen MR) is 314 cm³/mol. The highest BCUT2D eigenvalue weighted by Crippen LogP contribution is 2.52. The molecule has 1 aromatic heterocycles. The molecule has 2 heteroatoms. The van der Waals surface area contributed by atoms with E-state index in [4.69, 9.17) is 11.6 Å². The standard InChI is InChI=1S/C72H56N2/c1-46(48-22-10-7-11-23-48)70(51-26-14-9-15-27-51)74(47(2)49-24-12-8-13-25-49)54-38-34-50(35-39-54)62-45-68(53-37-41-59-57-30-19-21-33-65(57)72(5,6)67(59)43-53)73-69-60-31-17-16-28-55(60)61(44-63(62)69)52-36-40-58-56-29-18-20-32-64(56)71(3,4)66(58)42-52/h7-45H,2H2,1,3-6H3/b70-46+. The Balaban J connectivity index is 1.03. The van der Waals surface area contributed by atoms with Gasteiger partial charge in [-0.3, -0.25) is 0 Å². The lowest BCUT2D eigenvalue weighted by Gasteiger charge is -2.32. The lowest BCUT2D eigenvalue weighted by atomic mass is 9.81. The molecule has 0 atom stereocenters. The van der Waals surface area contributed by atoms with Gasteiger partial charge >= 0.3 is 0 Å². The summed E-state index contributed by atoms with van der Waals surface area (Å²) in [7, 11) is 0. The van der Waals surface area contributed by atoms with Crippen molar-refractivity contribution in [1.29, 1.82) is 0 Å². The summed E-state index contributed by atoms with van der Waals surface area (Å²) in [6, 6.07) is 86.6. The first-order valence-corrected chi connectivity index (χ1v) is 25.9.